The Labute approximate surface area is 130 Å². The van der Waals surface area contributed by atoms with E-state index in [4.69, 9.17) is 4.74 Å². The first-order valence-electron chi connectivity index (χ1n) is 7.52. The number of piperidine rings is 1. The average Bonchev–Trinajstić information content (AvgIpc) is 2.56. The molecule has 1 saturated heterocycles. The maximum atomic E-state index is 12.7. The summed E-state index contributed by atoms with van der Waals surface area (Å²) in [7, 11) is 0. The summed E-state index contributed by atoms with van der Waals surface area (Å²) >= 11 is 0. The van der Waals surface area contributed by atoms with Crippen LogP contribution in [0.1, 0.15) is 28.8 Å². The van der Waals surface area contributed by atoms with Crippen molar-refractivity contribution in [3.05, 3.63) is 53.9 Å². The highest BCUT2D eigenvalue weighted by atomic mass is 16.5. The zero-order chi connectivity index (χ0) is 15.4. The van der Waals surface area contributed by atoms with Crippen LogP contribution in [0.2, 0.25) is 0 Å². The minimum atomic E-state index is -0.0517. The molecule has 1 fully saturated rings. The van der Waals surface area contributed by atoms with E-state index in [1.165, 1.54) is 0 Å². The molecule has 5 nitrogen and oxygen atoms in total. The van der Waals surface area contributed by atoms with Crippen molar-refractivity contribution in [2.75, 3.05) is 13.1 Å². The Kier molecular flexibility index (Phi) is 4.32. The molecular formula is C17H19N3O2. The quantitative estimate of drug-likeness (QED) is 0.873. The van der Waals surface area contributed by atoms with Crippen LogP contribution in [-0.4, -0.2) is 40.0 Å². The lowest BCUT2D eigenvalue weighted by Gasteiger charge is -2.32. The molecule has 1 aliphatic rings. The number of nitrogens with zero attached hydrogens (tertiary/aromatic N) is 3. The third-order valence-electron chi connectivity index (χ3n) is 3.86. The molecule has 0 unspecified atom stereocenters. The highest BCUT2D eigenvalue weighted by molar-refractivity contribution is 5.95. The van der Waals surface area contributed by atoms with E-state index in [9.17, 15) is 4.79 Å². The molecule has 0 spiro atoms. The number of carbonyl (C=O) groups is 1. The molecule has 1 amide bonds. The fraction of sp³-hybridized carbons (Fsp3) is 0.353. The van der Waals surface area contributed by atoms with Crippen molar-refractivity contribution in [1.29, 1.82) is 0 Å². The van der Waals surface area contributed by atoms with Crippen molar-refractivity contribution >= 4 is 5.91 Å². The normalized spacial score (nSPS) is 18.0. The first kappa shape index (κ1) is 14.5. The Balaban J connectivity index is 1.68. The topological polar surface area (TPSA) is 55.3 Å². The number of rotatable bonds is 3. The van der Waals surface area contributed by atoms with Crippen LogP contribution in [0.4, 0.5) is 0 Å². The van der Waals surface area contributed by atoms with E-state index in [-0.39, 0.29) is 12.0 Å². The predicted octanol–water partition coefficient (Wildman–Crippen LogP) is 2.47. The Morgan fingerprint density at radius 1 is 1.23 bits per heavy atom. The van der Waals surface area contributed by atoms with Crippen molar-refractivity contribution in [3.63, 3.8) is 0 Å². The Hall–Kier alpha value is -2.43. The van der Waals surface area contributed by atoms with Crippen LogP contribution in [0.3, 0.4) is 0 Å². The molecule has 22 heavy (non-hydrogen) atoms. The number of ether oxygens (including phenoxy) is 1. The van der Waals surface area contributed by atoms with Gasteiger partial charge in [0, 0.05) is 24.5 Å². The molecule has 3 rings (SSSR count). The Morgan fingerprint density at radius 2 is 2.00 bits per heavy atom. The summed E-state index contributed by atoms with van der Waals surface area (Å²) in [6, 6.07) is 9.81. The maximum Gasteiger partial charge on any atom is 0.316 e. The summed E-state index contributed by atoms with van der Waals surface area (Å²) in [4.78, 5) is 22.7. The van der Waals surface area contributed by atoms with Crippen molar-refractivity contribution in [2.45, 2.75) is 25.9 Å². The number of aromatic nitrogens is 2. The van der Waals surface area contributed by atoms with Gasteiger partial charge in [-0.15, -0.1) is 0 Å². The second-order valence-electron chi connectivity index (χ2n) is 5.48. The number of hydrogen-bond acceptors (Lipinski definition) is 4. The summed E-state index contributed by atoms with van der Waals surface area (Å²) in [5.74, 6) is 0.0698. The molecule has 0 aliphatic carbocycles. The lowest BCUT2D eigenvalue weighted by molar-refractivity contribution is 0.0515. The maximum absolute atomic E-state index is 12.7. The number of benzene rings is 1. The Morgan fingerprint density at radius 3 is 2.77 bits per heavy atom. The van der Waals surface area contributed by atoms with Gasteiger partial charge in [-0.05, 0) is 37.5 Å². The van der Waals surface area contributed by atoms with Gasteiger partial charge in [0.1, 0.15) is 6.10 Å². The fourth-order valence-corrected chi connectivity index (χ4v) is 2.70. The molecule has 0 N–H and O–H groups in total. The van der Waals surface area contributed by atoms with Gasteiger partial charge in [-0.2, -0.15) is 0 Å². The van der Waals surface area contributed by atoms with E-state index in [2.05, 4.69) is 9.97 Å². The van der Waals surface area contributed by atoms with Crippen LogP contribution >= 0.6 is 0 Å². The van der Waals surface area contributed by atoms with Gasteiger partial charge < -0.3 is 9.64 Å². The van der Waals surface area contributed by atoms with Gasteiger partial charge in [-0.1, -0.05) is 18.2 Å². The fourth-order valence-electron chi connectivity index (χ4n) is 2.70. The van der Waals surface area contributed by atoms with Gasteiger partial charge in [-0.3, -0.25) is 4.79 Å². The monoisotopic (exact) mass is 297 g/mol. The highest BCUT2D eigenvalue weighted by Crippen LogP contribution is 2.18. The van der Waals surface area contributed by atoms with E-state index in [1.807, 2.05) is 36.1 Å². The van der Waals surface area contributed by atoms with Gasteiger partial charge in [0.05, 0.1) is 6.54 Å². The molecule has 5 heteroatoms. The summed E-state index contributed by atoms with van der Waals surface area (Å²) in [6.45, 7) is 3.30. The minimum Gasteiger partial charge on any atom is -0.458 e. The second kappa shape index (κ2) is 6.56. The van der Waals surface area contributed by atoms with E-state index in [1.54, 1.807) is 18.5 Å². The lowest BCUT2D eigenvalue weighted by atomic mass is 10.0. The van der Waals surface area contributed by atoms with Crippen LogP contribution in [-0.2, 0) is 0 Å². The largest absolute Gasteiger partial charge is 0.458 e. The van der Waals surface area contributed by atoms with E-state index in [0.717, 1.165) is 30.5 Å². The first-order chi connectivity index (χ1) is 10.7. The molecule has 1 atom stereocenters. The van der Waals surface area contributed by atoms with Gasteiger partial charge in [0.15, 0.2) is 0 Å². The smallest absolute Gasteiger partial charge is 0.316 e. The Bertz CT molecular complexity index is 645. The van der Waals surface area contributed by atoms with Crippen LogP contribution in [0, 0.1) is 6.92 Å². The average molecular weight is 297 g/mol. The van der Waals surface area contributed by atoms with Crippen molar-refractivity contribution in [3.8, 4) is 6.01 Å². The standard InChI is InChI=1S/C17H19N3O2/c1-13-6-2-3-8-15(13)16(21)20-11-4-7-14(12-20)22-17-18-9-5-10-19-17/h2-3,5-6,8-10,14H,4,7,11-12H2,1H3/t14-/m0/s1. The van der Waals surface area contributed by atoms with Crippen LogP contribution in [0.5, 0.6) is 6.01 Å². The molecule has 2 heterocycles. The van der Waals surface area contributed by atoms with Crippen LogP contribution in [0.25, 0.3) is 0 Å². The molecule has 1 aromatic heterocycles. The third-order valence-corrected chi connectivity index (χ3v) is 3.86. The highest BCUT2D eigenvalue weighted by Gasteiger charge is 2.26. The zero-order valence-corrected chi connectivity index (χ0v) is 12.6. The lowest BCUT2D eigenvalue weighted by Crippen LogP contribution is -2.44. The van der Waals surface area contributed by atoms with E-state index < -0.39 is 0 Å². The van der Waals surface area contributed by atoms with Gasteiger partial charge in [-0.25, -0.2) is 9.97 Å². The number of hydrogen-bond donors (Lipinski definition) is 0. The van der Waals surface area contributed by atoms with E-state index >= 15 is 0 Å². The number of amides is 1. The van der Waals surface area contributed by atoms with Gasteiger partial charge in [0.2, 0.25) is 0 Å². The van der Waals surface area contributed by atoms with Crippen molar-refractivity contribution in [2.24, 2.45) is 0 Å². The molecule has 114 valence electrons. The predicted molar refractivity (Wildman–Crippen MR) is 82.8 cm³/mol. The third kappa shape index (κ3) is 3.24. The van der Waals surface area contributed by atoms with Crippen molar-refractivity contribution in [1.82, 2.24) is 14.9 Å². The molecule has 1 aromatic carbocycles. The molecule has 0 bridgehead atoms. The SMILES string of the molecule is Cc1ccccc1C(=O)N1CCC[C@H](Oc2ncccn2)C1. The summed E-state index contributed by atoms with van der Waals surface area (Å²) < 4.78 is 5.79. The van der Waals surface area contributed by atoms with Gasteiger partial charge >= 0.3 is 6.01 Å². The number of likely N-dealkylation sites (tertiary alicyclic amines) is 1. The van der Waals surface area contributed by atoms with Crippen LogP contribution in [0.15, 0.2) is 42.7 Å². The number of carbonyl (C=O) groups excluding carboxylic acids is 1. The second-order valence-corrected chi connectivity index (χ2v) is 5.48. The minimum absolute atomic E-state index is 0.0517. The molecular weight excluding hydrogens is 278 g/mol. The van der Waals surface area contributed by atoms with Crippen molar-refractivity contribution < 1.29 is 9.53 Å². The molecule has 2 aromatic rings. The summed E-state index contributed by atoms with van der Waals surface area (Å²) in [6.07, 6.45) is 5.09. The molecule has 1 aliphatic heterocycles. The molecule has 0 radical (unpaired) electrons. The number of aryl methyl sites for hydroxylation is 1. The summed E-state index contributed by atoms with van der Waals surface area (Å²) in [5.41, 5.74) is 1.76. The zero-order valence-electron chi connectivity index (χ0n) is 12.6. The molecule has 0 saturated carbocycles. The van der Waals surface area contributed by atoms with E-state index in [0.29, 0.717) is 12.6 Å². The summed E-state index contributed by atoms with van der Waals surface area (Å²) in [5, 5.41) is 0. The van der Waals surface area contributed by atoms with Crippen LogP contribution < -0.4 is 4.74 Å². The van der Waals surface area contributed by atoms with Gasteiger partial charge in [0.25, 0.3) is 5.91 Å². The first-order valence-corrected chi connectivity index (χ1v) is 7.52.